The predicted octanol–water partition coefficient (Wildman–Crippen LogP) is 3.09. The summed E-state index contributed by atoms with van der Waals surface area (Å²) in [4.78, 5) is 28.4. The molecule has 3 aromatic rings. The Bertz CT molecular complexity index is 1100. The second-order valence-corrected chi connectivity index (χ2v) is 8.50. The van der Waals surface area contributed by atoms with Crippen molar-refractivity contribution in [1.82, 2.24) is 25.2 Å². The van der Waals surface area contributed by atoms with Gasteiger partial charge in [-0.15, -0.1) is 5.10 Å². The standard InChI is InChI=1S/C24H30FN5O3/c1-5-24(2,3)26-23(32)22(17-10-12-18(25)13-11-17)29(14-15-33-4)21(31)16-30-20-9-7-6-8-19(20)27-28-30/h6-13,22H,5,14-16H2,1-4H3,(H,26,32)/t22-/m1/s1. The lowest BCUT2D eigenvalue weighted by Crippen LogP contribution is -2.51. The molecule has 0 bridgehead atoms. The zero-order valence-corrected chi connectivity index (χ0v) is 19.4. The molecule has 0 aliphatic carbocycles. The number of benzene rings is 2. The smallest absolute Gasteiger partial charge is 0.247 e. The van der Waals surface area contributed by atoms with Gasteiger partial charge in [0.05, 0.1) is 12.1 Å². The van der Waals surface area contributed by atoms with Gasteiger partial charge < -0.3 is 15.0 Å². The van der Waals surface area contributed by atoms with E-state index in [0.29, 0.717) is 23.0 Å². The molecule has 33 heavy (non-hydrogen) atoms. The molecule has 9 heteroatoms. The molecular weight excluding hydrogens is 425 g/mol. The molecule has 0 saturated carbocycles. The topological polar surface area (TPSA) is 89.4 Å². The van der Waals surface area contributed by atoms with Crippen LogP contribution in [0, 0.1) is 5.82 Å². The summed E-state index contributed by atoms with van der Waals surface area (Å²) in [5.41, 5.74) is 1.42. The number of rotatable bonds is 10. The molecule has 0 aliphatic heterocycles. The van der Waals surface area contributed by atoms with Crippen LogP contribution in [0.4, 0.5) is 4.39 Å². The Morgan fingerprint density at radius 3 is 2.55 bits per heavy atom. The predicted molar refractivity (Wildman–Crippen MR) is 123 cm³/mol. The Labute approximate surface area is 192 Å². The van der Waals surface area contributed by atoms with Gasteiger partial charge in [-0.25, -0.2) is 9.07 Å². The van der Waals surface area contributed by atoms with Crippen LogP contribution in [-0.4, -0.2) is 57.5 Å². The highest BCUT2D eigenvalue weighted by Crippen LogP contribution is 2.24. The monoisotopic (exact) mass is 455 g/mol. The number of carbonyl (C=O) groups excluding carboxylic acids is 2. The summed E-state index contributed by atoms with van der Waals surface area (Å²) in [7, 11) is 1.53. The van der Waals surface area contributed by atoms with Crippen molar-refractivity contribution in [3.05, 3.63) is 59.9 Å². The van der Waals surface area contributed by atoms with Gasteiger partial charge in [-0.2, -0.15) is 0 Å². The minimum Gasteiger partial charge on any atom is -0.383 e. The first-order chi connectivity index (χ1) is 15.8. The van der Waals surface area contributed by atoms with E-state index in [1.54, 1.807) is 0 Å². The average molecular weight is 456 g/mol. The molecule has 0 aliphatic rings. The molecule has 176 valence electrons. The third kappa shape index (κ3) is 5.92. The van der Waals surface area contributed by atoms with Gasteiger partial charge in [0.15, 0.2) is 0 Å². The average Bonchev–Trinajstić information content (AvgIpc) is 3.20. The molecular formula is C24H30FN5O3. The number of aromatic nitrogens is 3. The van der Waals surface area contributed by atoms with Gasteiger partial charge in [-0.3, -0.25) is 9.59 Å². The molecule has 0 saturated heterocycles. The van der Waals surface area contributed by atoms with Gasteiger partial charge in [0.2, 0.25) is 11.8 Å². The summed E-state index contributed by atoms with van der Waals surface area (Å²) in [6, 6.07) is 12.0. The maximum absolute atomic E-state index is 13.6. The molecule has 1 N–H and O–H groups in total. The summed E-state index contributed by atoms with van der Waals surface area (Å²) >= 11 is 0. The molecule has 2 amide bonds. The number of hydrogen-bond acceptors (Lipinski definition) is 5. The largest absolute Gasteiger partial charge is 0.383 e. The Morgan fingerprint density at radius 2 is 1.88 bits per heavy atom. The van der Waals surface area contributed by atoms with E-state index < -0.39 is 17.4 Å². The van der Waals surface area contributed by atoms with Crippen LogP contribution in [0.5, 0.6) is 0 Å². The van der Waals surface area contributed by atoms with Crippen LogP contribution in [0.15, 0.2) is 48.5 Å². The highest BCUT2D eigenvalue weighted by molar-refractivity contribution is 5.89. The van der Waals surface area contributed by atoms with E-state index in [1.807, 2.05) is 45.0 Å². The summed E-state index contributed by atoms with van der Waals surface area (Å²) in [6.07, 6.45) is 0.700. The van der Waals surface area contributed by atoms with Gasteiger partial charge in [0.1, 0.15) is 23.9 Å². The first-order valence-electron chi connectivity index (χ1n) is 10.9. The molecule has 1 aromatic heterocycles. The number of fused-ring (bicyclic) bond motifs is 1. The molecule has 3 rings (SSSR count). The van der Waals surface area contributed by atoms with Crippen molar-refractivity contribution >= 4 is 22.8 Å². The lowest BCUT2D eigenvalue weighted by molar-refractivity contribution is -0.142. The number of methoxy groups -OCH3 is 1. The first-order valence-corrected chi connectivity index (χ1v) is 10.9. The van der Waals surface area contributed by atoms with E-state index in [9.17, 15) is 14.0 Å². The van der Waals surface area contributed by atoms with E-state index in [2.05, 4.69) is 15.6 Å². The third-order valence-electron chi connectivity index (χ3n) is 5.65. The molecule has 2 aromatic carbocycles. The zero-order chi connectivity index (χ0) is 24.0. The molecule has 0 spiro atoms. The number of carbonyl (C=O) groups is 2. The van der Waals surface area contributed by atoms with Crippen molar-refractivity contribution in [3.63, 3.8) is 0 Å². The van der Waals surface area contributed by atoms with Gasteiger partial charge in [0, 0.05) is 19.2 Å². The normalized spacial score (nSPS) is 12.5. The van der Waals surface area contributed by atoms with Crippen LogP contribution < -0.4 is 5.32 Å². The van der Waals surface area contributed by atoms with Crippen molar-refractivity contribution in [3.8, 4) is 0 Å². The van der Waals surface area contributed by atoms with Crippen molar-refractivity contribution in [2.75, 3.05) is 20.3 Å². The number of amides is 2. The number of halogens is 1. The van der Waals surface area contributed by atoms with E-state index >= 15 is 0 Å². The van der Waals surface area contributed by atoms with Crippen molar-refractivity contribution in [2.45, 2.75) is 45.3 Å². The molecule has 0 unspecified atom stereocenters. The Morgan fingerprint density at radius 1 is 1.18 bits per heavy atom. The van der Waals surface area contributed by atoms with E-state index in [0.717, 1.165) is 0 Å². The van der Waals surface area contributed by atoms with Gasteiger partial charge >= 0.3 is 0 Å². The number of hydrogen-bond donors (Lipinski definition) is 1. The molecule has 0 fully saturated rings. The molecule has 1 heterocycles. The number of para-hydroxylation sites is 1. The fraction of sp³-hybridized carbons (Fsp3) is 0.417. The fourth-order valence-corrected chi connectivity index (χ4v) is 3.45. The minimum absolute atomic E-state index is 0.105. The number of nitrogens with one attached hydrogen (secondary N) is 1. The van der Waals surface area contributed by atoms with Crippen LogP contribution in [0.1, 0.15) is 38.8 Å². The van der Waals surface area contributed by atoms with E-state index in [1.165, 1.54) is 41.0 Å². The van der Waals surface area contributed by atoms with Crippen LogP contribution in [0.2, 0.25) is 0 Å². The maximum Gasteiger partial charge on any atom is 0.247 e. The zero-order valence-electron chi connectivity index (χ0n) is 19.4. The minimum atomic E-state index is -0.964. The molecule has 0 radical (unpaired) electrons. The summed E-state index contributed by atoms with van der Waals surface area (Å²) < 4.78 is 20.3. The summed E-state index contributed by atoms with van der Waals surface area (Å²) in [5, 5.41) is 11.2. The third-order valence-corrected chi connectivity index (χ3v) is 5.65. The van der Waals surface area contributed by atoms with Gasteiger partial charge in [0.25, 0.3) is 0 Å². The highest BCUT2D eigenvalue weighted by atomic mass is 19.1. The molecule has 8 nitrogen and oxygen atoms in total. The van der Waals surface area contributed by atoms with E-state index in [4.69, 9.17) is 4.74 Å². The molecule has 1 atom stereocenters. The SMILES string of the molecule is CCC(C)(C)NC(=O)[C@@H](c1ccc(F)cc1)N(CCOC)C(=O)Cn1nnc2ccccc21. The van der Waals surface area contributed by atoms with Crippen LogP contribution in [0.25, 0.3) is 11.0 Å². The van der Waals surface area contributed by atoms with Crippen molar-refractivity contribution < 1.29 is 18.7 Å². The lowest BCUT2D eigenvalue weighted by Gasteiger charge is -2.34. The lowest BCUT2D eigenvalue weighted by atomic mass is 9.98. The quantitative estimate of drug-likeness (QED) is 0.508. The van der Waals surface area contributed by atoms with Crippen molar-refractivity contribution in [1.29, 1.82) is 0 Å². The van der Waals surface area contributed by atoms with Crippen LogP contribution in [0.3, 0.4) is 0 Å². The second kappa shape index (κ2) is 10.5. The summed E-state index contributed by atoms with van der Waals surface area (Å²) in [6.45, 7) is 6.09. The Hall–Kier alpha value is -3.33. The Kier molecular flexibility index (Phi) is 7.75. The highest BCUT2D eigenvalue weighted by Gasteiger charge is 2.34. The number of nitrogens with zero attached hydrogens (tertiary/aromatic N) is 4. The second-order valence-electron chi connectivity index (χ2n) is 8.50. The van der Waals surface area contributed by atoms with Gasteiger partial charge in [-0.1, -0.05) is 36.4 Å². The first kappa shape index (κ1) is 24.3. The fourth-order valence-electron chi connectivity index (χ4n) is 3.45. The van der Waals surface area contributed by atoms with Crippen LogP contribution >= 0.6 is 0 Å². The van der Waals surface area contributed by atoms with E-state index in [-0.39, 0.29) is 31.5 Å². The van der Waals surface area contributed by atoms with Crippen LogP contribution in [-0.2, 0) is 20.9 Å². The Balaban J connectivity index is 1.97. The van der Waals surface area contributed by atoms with Gasteiger partial charge in [-0.05, 0) is 50.1 Å². The van der Waals surface area contributed by atoms with Crippen molar-refractivity contribution in [2.24, 2.45) is 0 Å². The summed E-state index contributed by atoms with van der Waals surface area (Å²) in [5.74, 6) is -1.10. The number of ether oxygens (including phenoxy) is 1. The maximum atomic E-state index is 13.6.